The Bertz CT molecular complexity index is 1280. The second kappa shape index (κ2) is 9.88. The number of alkyl halides is 3. The van der Waals surface area contributed by atoms with Crippen molar-refractivity contribution in [1.29, 1.82) is 0 Å². The molecule has 1 aromatic heterocycles. The van der Waals surface area contributed by atoms with Crippen LogP contribution in [-0.4, -0.2) is 39.2 Å². The minimum absolute atomic E-state index is 0.0454. The van der Waals surface area contributed by atoms with Gasteiger partial charge in [0.05, 0.1) is 5.56 Å². The van der Waals surface area contributed by atoms with Crippen molar-refractivity contribution in [3.63, 3.8) is 0 Å². The van der Waals surface area contributed by atoms with E-state index in [1.54, 1.807) is 23.1 Å². The van der Waals surface area contributed by atoms with Crippen LogP contribution in [0.4, 0.5) is 23.1 Å². The Morgan fingerprint density at radius 2 is 1.83 bits per heavy atom. The summed E-state index contributed by atoms with van der Waals surface area (Å²) >= 11 is 1.03. The minimum atomic E-state index is -4.46. The lowest BCUT2D eigenvalue weighted by Gasteiger charge is -2.31. The number of anilines is 1. The molecule has 0 bridgehead atoms. The van der Waals surface area contributed by atoms with E-state index in [9.17, 15) is 22.8 Å². The van der Waals surface area contributed by atoms with Crippen molar-refractivity contribution < 1.29 is 27.5 Å². The fourth-order valence-electron chi connectivity index (χ4n) is 3.84. The number of nitrogens with one attached hydrogen (secondary N) is 1. The number of amides is 2. The van der Waals surface area contributed by atoms with E-state index in [0.29, 0.717) is 30.1 Å². The number of halogens is 3. The number of rotatable bonds is 4. The lowest BCUT2D eigenvalue weighted by Crippen LogP contribution is -2.39. The maximum atomic E-state index is 13.2. The molecule has 0 radical (unpaired) electrons. The maximum Gasteiger partial charge on any atom is 0.416 e. The first-order chi connectivity index (χ1) is 16.9. The van der Waals surface area contributed by atoms with Crippen molar-refractivity contribution in [2.45, 2.75) is 51.9 Å². The van der Waals surface area contributed by atoms with Crippen LogP contribution in [0.2, 0.25) is 0 Å². The van der Waals surface area contributed by atoms with Crippen LogP contribution in [0.3, 0.4) is 0 Å². The Hall–Kier alpha value is -3.47. The molecule has 36 heavy (non-hydrogen) atoms. The summed E-state index contributed by atoms with van der Waals surface area (Å²) in [6.07, 6.45) is -4.30. The molecule has 0 aliphatic carbocycles. The maximum absolute atomic E-state index is 13.2. The van der Waals surface area contributed by atoms with Crippen LogP contribution in [0.25, 0.3) is 0 Å². The van der Waals surface area contributed by atoms with Gasteiger partial charge < -0.3 is 9.64 Å². The Morgan fingerprint density at radius 3 is 2.56 bits per heavy atom. The van der Waals surface area contributed by atoms with Crippen molar-refractivity contribution in [1.82, 2.24) is 15.1 Å². The Labute approximate surface area is 210 Å². The summed E-state index contributed by atoms with van der Waals surface area (Å²) < 4.78 is 45.2. The molecule has 0 saturated heterocycles. The first-order valence-corrected chi connectivity index (χ1v) is 12.1. The van der Waals surface area contributed by atoms with Crippen molar-refractivity contribution >= 4 is 28.5 Å². The fraction of sp³-hybridized carbons (Fsp3) is 0.360. The molecule has 7 nitrogen and oxygen atoms in total. The molecule has 1 aliphatic heterocycles. The zero-order valence-corrected chi connectivity index (χ0v) is 20.8. The van der Waals surface area contributed by atoms with Crippen LogP contribution in [-0.2, 0) is 30.3 Å². The van der Waals surface area contributed by atoms with Gasteiger partial charge in [0, 0.05) is 25.1 Å². The molecule has 3 aromatic rings. The third-order valence-electron chi connectivity index (χ3n) is 5.48. The van der Waals surface area contributed by atoms with Gasteiger partial charge in [0.25, 0.3) is 5.91 Å². The highest BCUT2D eigenvalue weighted by atomic mass is 32.1. The molecular weight excluding hydrogens is 493 g/mol. The van der Waals surface area contributed by atoms with Gasteiger partial charge in [-0.2, -0.15) is 13.2 Å². The third kappa shape index (κ3) is 6.20. The van der Waals surface area contributed by atoms with Crippen LogP contribution < -0.4 is 5.32 Å². The van der Waals surface area contributed by atoms with Gasteiger partial charge in [0.15, 0.2) is 0 Å². The number of ether oxygens (including phenoxy) is 1. The van der Waals surface area contributed by atoms with Crippen molar-refractivity contribution in [2.75, 3.05) is 11.9 Å². The molecule has 0 fully saturated rings. The molecular formula is C25H25F3N4O3S. The quantitative estimate of drug-likeness (QED) is 0.480. The summed E-state index contributed by atoms with van der Waals surface area (Å²) in [6, 6.07) is 10.6. The second-order valence-electron chi connectivity index (χ2n) is 9.42. The molecule has 2 heterocycles. The van der Waals surface area contributed by atoms with Crippen molar-refractivity contribution in [3.8, 4) is 0 Å². The van der Waals surface area contributed by atoms with Crippen LogP contribution in [0, 0.1) is 0 Å². The number of nitrogens with zero attached hydrogens (tertiary/aromatic N) is 3. The number of carbonyl (C=O) groups is 2. The van der Waals surface area contributed by atoms with Gasteiger partial charge in [0.1, 0.15) is 10.6 Å². The lowest BCUT2D eigenvalue weighted by molar-refractivity contribution is -0.138. The Balaban J connectivity index is 1.40. The molecule has 0 spiro atoms. The highest BCUT2D eigenvalue weighted by Gasteiger charge is 2.33. The summed E-state index contributed by atoms with van der Waals surface area (Å²) in [6.45, 7) is 6.32. The van der Waals surface area contributed by atoms with Crippen LogP contribution in [0.5, 0.6) is 0 Å². The SMILES string of the molecule is CC(C)(C)OC(=O)N1CCc2cc(C(=O)Nc3nnc(Cc4ccccc4C(F)(F)F)s3)ccc2C1. The van der Waals surface area contributed by atoms with E-state index in [1.165, 1.54) is 18.2 Å². The van der Waals surface area contributed by atoms with Crippen LogP contribution >= 0.6 is 11.3 Å². The van der Waals surface area contributed by atoms with Crippen molar-refractivity contribution in [2.24, 2.45) is 0 Å². The van der Waals surface area contributed by atoms with Gasteiger partial charge in [-0.05, 0) is 62.1 Å². The van der Waals surface area contributed by atoms with Crippen molar-refractivity contribution in [3.05, 3.63) is 75.3 Å². The molecule has 190 valence electrons. The zero-order valence-electron chi connectivity index (χ0n) is 20.0. The van der Waals surface area contributed by atoms with Gasteiger partial charge in [-0.15, -0.1) is 10.2 Å². The van der Waals surface area contributed by atoms with Crippen LogP contribution in [0.15, 0.2) is 42.5 Å². The number of fused-ring (bicyclic) bond motifs is 1. The zero-order chi connectivity index (χ0) is 26.1. The Kier molecular flexibility index (Phi) is 7.03. The van der Waals surface area contributed by atoms with E-state index < -0.39 is 23.2 Å². The number of hydrogen-bond acceptors (Lipinski definition) is 6. The number of benzene rings is 2. The van der Waals surface area contributed by atoms with E-state index in [4.69, 9.17) is 4.74 Å². The fourth-order valence-corrected chi connectivity index (χ4v) is 4.59. The summed E-state index contributed by atoms with van der Waals surface area (Å²) in [4.78, 5) is 26.8. The average Bonchev–Trinajstić information content (AvgIpc) is 3.23. The first-order valence-electron chi connectivity index (χ1n) is 11.3. The molecule has 1 aliphatic rings. The second-order valence-corrected chi connectivity index (χ2v) is 10.5. The van der Waals surface area contributed by atoms with E-state index in [0.717, 1.165) is 28.5 Å². The molecule has 0 atom stereocenters. The lowest BCUT2D eigenvalue weighted by atomic mass is 9.97. The normalized spacial score (nSPS) is 13.8. The molecule has 0 saturated carbocycles. The van der Waals surface area contributed by atoms with E-state index >= 15 is 0 Å². The summed E-state index contributed by atoms with van der Waals surface area (Å²) in [5.41, 5.74) is 1.11. The summed E-state index contributed by atoms with van der Waals surface area (Å²) in [7, 11) is 0. The largest absolute Gasteiger partial charge is 0.444 e. The highest BCUT2D eigenvalue weighted by Crippen LogP contribution is 2.33. The number of aromatic nitrogens is 2. The molecule has 1 N–H and O–H groups in total. The summed E-state index contributed by atoms with van der Waals surface area (Å²) in [5, 5.41) is 11.1. The van der Waals surface area contributed by atoms with Gasteiger partial charge in [0.2, 0.25) is 5.13 Å². The number of carbonyl (C=O) groups excluding carboxylic acids is 2. The monoisotopic (exact) mass is 518 g/mol. The topological polar surface area (TPSA) is 84.4 Å². The van der Waals surface area contributed by atoms with Gasteiger partial charge >= 0.3 is 12.3 Å². The average molecular weight is 519 g/mol. The predicted octanol–water partition coefficient (Wildman–Crippen LogP) is 5.69. The highest BCUT2D eigenvalue weighted by molar-refractivity contribution is 7.15. The standard InChI is InChI=1S/C25H25F3N4O3S/c1-24(2,3)35-23(34)32-11-10-15-12-17(8-9-18(15)14-32)21(33)29-22-31-30-20(36-22)13-16-6-4-5-7-19(16)25(26,27)28/h4-9,12H,10-11,13-14H2,1-3H3,(H,29,31,33). The van der Waals surface area contributed by atoms with E-state index in [1.807, 2.05) is 20.8 Å². The third-order valence-corrected chi connectivity index (χ3v) is 6.32. The van der Waals surface area contributed by atoms with Gasteiger partial charge in [-0.3, -0.25) is 10.1 Å². The van der Waals surface area contributed by atoms with Gasteiger partial charge in [-0.25, -0.2) is 4.79 Å². The molecule has 0 unspecified atom stereocenters. The van der Waals surface area contributed by atoms with Gasteiger partial charge in [-0.1, -0.05) is 35.6 Å². The van der Waals surface area contributed by atoms with Crippen LogP contribution in [0.1, 0.15) is 58.4 Å². The Morgan fingerprint density at radius 1 is 1.08 bits per heavy atom. The smallest absolute Gasteiger partial charge is 0.416 e. The van der Waals surface area contributed by atoms with E-state index in [-0.39, 0.29) is 23.2 Å². The number of hydrogen-bond donors (Lipinski definition) is 1. The molecule has 4 rings (SSSR count). The summed E-state index contributed by atoms with van der Waals surface area (Å²) in [5.74, 6) is -0.397. The minimum Gasteiger partial charge on any atom is -0.444 e. The molecule has 2 amide bonds. The predicted molar refractivity (Wildman–Crippen MR) is 129 cm³/mol. The first kappa shape index (κ1) is 25.6. The molecule has 11 heteroatoms. The molecule has 2 aromatic carbocycles. The van der Waals surface area contributed by atoms with E-state index in [2.05, 4.69) is 15.5 Å².